The molecule has 1 fully saturated rings. The van der Waals surface area contributed by atoms with Crippen molar-refractivity contribution in [2.24, 2.45) is 11.8 Å². The summed E-state index contributed by atoms with van der Waals surface area (Å²) in [4.78, 5) is 24.6. The Balaban J connectivity index is 2.32. The zero-order chi connectivity index (χ0) is 17.6. The number of hydrogen-bond acceptors (Lipinski definition) is 4. The fourth-order valence-electron chi connectivity index (χ4n) is 2.91. The summed E-state index contributed by atoms with van der Waals surface area (Å²) in [5, 5.41) is 12.6. The predicted molar refractivity (Wildman–Crippen MR) is 89.4 cm³/mol. The number of rotatable bonds is 6. The first kappa shape index (κ1) is 19.7. The molecule has 2 N–H and O–H groups in total. The topological polar surface area (TPSA) is 78.9 Å². The van der Waals surface area contributed by atoms with Crippen molar-refractivity contribution in [2.45, 2.75) is 65.0 Å². The van der Waals surface area contributed by atoms with Gasteiger partial charge in [-0.3, -0.25) is 4.79 Å². The van der Waals surface area contributed by atoms with Gasteiger partial charge in [-0.1, -0.05) is 13.3 Å². The number of ether oxygens (including phenoxy) is 1. The molecule has 6 heteroatoms. The van der Waals surface area contributed by atoms with Crippen molar-refractivity contribution >= 4 is 12.1 Å². The highest BCUT2D eigenvalue weighted by Gasteiger charge is 2.27. The lowest BCUT2D eigenvalue weighted by molar-refractivity contribution is -0.143. The zero-order valence-electron chi connectivity index (χ0n) is 15.1. The van der Waals surface area contributed by atoms with Gasteiger partial charge >= 0.3 is 12.1 Å². The molecule has 0 radical (unpaired) electrons. The van der Waals surface area contributed by atoms with Gasteiger partial charge in [0.05, 0.1) is 5.92 Å². The van der Waals surface area contributed by atoms with Crippen LogP contribution in [0.25, 0.3) is 0 Å². The normalized spacial score (nSPS) is 23.2. The Kier molecular flexibility index (Phi) is 7.32. The van der Waals surface area contributed by atoms with E-state index in [1.165, 1.54) is 0 Å². The molecule has 0 aromatic heterocycles. The second-order valence-electron chi connectivity index (χ2n) is 7.77. The quantitative estimate of drug-likeness (QED) is 0.784. The third kappa shape index (κ3) is 7.68. The second kappa shape index (κ2) is 8.52. The molecule has 0 bridgehead atoms. The molecule has 0 aromatic carbocycles. The smallest absolute Gasteiger partial charge is 0.410 e. The highest BCUT2D eigenvalue weighted by molar-refractivity contribution is 5.70. The molecular formula is C17H32N2O4. The van der Waals surface area contributed by atoms with Crippen molar-refractivity contribution in [3.8, 4) is 0 Å². The van der Waals surface area contributed by atoms with Crippen LogP contribution in [-0.2, 0) is 9.53 Å². The van der Waals surface area contributed by atoms with Crippen LogP contribution in [-0.4, -0.2) is 53.8 Å². The SMILES string of the molecule is CC(CNC1CCCC(C(=O)O)C1)CN(C)C(=O)OC(C)(C)C. The van der Waals surface area contributed by atoms with Gasteiger partial charge in [-0.15, -0.1) is 0 Å². The number of nitrogens with zero attached hydrogens (tertiary/aromatic N) is 1. The number of aliphatic carboxylic acids is 1. The van der Waals surface area contributed by atoms with E-state index in [1.54, 1.807) is 11.9 Å². The van der Waals surface area contributed by atoms with Gasteiger partial charge in [0.15, 0.2) is 0 Å². The first-order valence-corrected chi connectivity index (χ1v) is 8.48. The highest BCUT2D eigenvalue weighted by atomic mass is 16.6. The van der Waals surface area contributed by atoms with Gasteiger partial charge in [-0.2, -0.15) is 0 Å². The molecule has 6 nitrogen and oxygen atoms in total. The Morgan fingerprint density at radius 3 is 2.57 bits per heavy atom. The minimum Gasteiger partial charge on any atom is -0.481 e. The van der Waals surface area contributed by atoms with Crippen molar-refractivity contribution < 1.29 is 19.4 Å². The third-order valence-corrected chi connectivity index (χ3v) is 4.07. The molecule has 1 aliphatic carbocycles. The minimum absolute atomic E-state index is 0.221. The van der Waals surface area contributed by atoms with Crippen LogP contribution in [0.2, 0.25) is 0 Å². The molecule has 23 heavy (non-hydrogen) atoms. The summed E-state index contributed by atoms with van der Waals surface area (Å²) in [7, 11) is 1.74. The highest BCUT2D eigenvalue weighted by Crippen LogP contribution is 2.24. The fourth-order valence-corrected chi connectivity index (χ4v) is 2.91. The van der Waals surface area contributed by atoms with E-state index in [1.807, 2.05) is 20.8 Å². The molecule has 134 valence electrons. The van der Waals surface area contributed by atoms with Crippen LogP contribution in [0.1, 0.15) is 53.4 Å². The number of carboxylic acid groups (broad SMARTS) is 1. The van der Waals surface area contributed by atoms with Gasteiger partial charge < -0.3 is 20.1 Å². The number of hydrogen-bond donors (Lipinski definition) is 2. The monoisotopic (exact) mass is 328 g/mol. The molecule has 0 aromatic rings. The average Bonchev–Trinajstić information content (AvgIpc) is 2.43. The summed E-state index contributed by atoms with van der Waals surface area (Å²) in [5.41, 5.74) is -0.485. The summed E-state index contributed by atoms with van der Waals surface area (Å²) >= 11 is 0. The van der Waals surface area contributed by atoms with E-state index in [4.69, 9.17) is 9.84 Å². The van der Waals surface area contributed by atoms with Gasteiger partial charge in [0.1, 0.15) is 5.60 Å². The Morgan fingerprint density at radius 2 is 2.00 bits per heavy atom. The van der Waals surface area contributed by atoms with Crippen molar-refractivity contribution in [2.75, 3.05) is 20.1 Å². The predicted octanol–water partition coefficient (Wildman–Crippen LogP) is 2.72. The Bertz CT molecular complexity index is 406. The maximum Gasteiger partial charge on any atom is 0.410 e. The zero-order valence-corrected chi connectivity index (χ0v) is 15.1. The van der Waals surface area contributed by atoms with Crippen molar-refractivity contribution in [1.82, 2.24) is 10.2 Å². The van der Waals surface area contributed by atoms with Crippen LogP contribution in [0, 0.1) is 11.8 Å². The lowest BCUT2D eigenvalue weighted by Gasteiger charge is -2.30. The summed E-state index contributed by atoms with van der Waals surface area (Å²) < 4.78 is 5.34. The molecular weight excluding hydrogens is 296 g/mol. The standard InChI is InChI=1S/C17H32N2O4/c1-12(11-19(5)16(22)23-17(2,3)4)10-18-14-8-6-7-13(9-14)15(20)21/h12-14,18H,6-11H2,1-5H3,(H,20,21). The molecule has 1 saturated carbocycles. The number of amides is 1. The van der Waals surface area contributed by atoms with Crippen LogP contribution in [0.15, 0.2) is 0 Å². The van der Waals surface area contributed by atoms with E-state index in [2.05, 4.69) is 12.2 Å². The lowest BCUT2D eigenvalue weighted by atomic mass is 9.85. The van der Waals surface area contributed by atoms with Crippen LogP contribution >= 0.6 is 0 Å². The van der Waals surface area contributed by atoms with Crippen LogP contribution in [0.5, 0.6) is 0 Å². The Labute approximate surface area is 139 Å². The van der Waals surface area contributed by atoms with Crippen molar-refractivity contribution in [1.29, 1.82) is 0 Å². The Morgan fingerprint density at radius 1 is 1.35 bits per heavy atom. The molecule has 3 atom stereocenters. The van der Waals surface area contributed by atoms with E-state index in [9.17, 15) is 9.59 Å². The van der Waals surface area contributed by atoms with Crippen LogP contribution < -0.4 is 5.32 Å². The van der Waals surface area contributed by atoms with Gasteiger partial charge in [-0.05, 0) is 52.5 Å². The number of carbonyl (C=O) groups excluding carboxylic acids is 1. The van der Waals surface area contributed by atoms with Gasteiger partial charge in [0.25, 0.3) is 0 Å². The summed E-state index contributed by atoms with van der Waals surface area (Å²) in [6, 6.07) is 0.263. The van der Waals surface area contributed by atoms with Crippen molar-refractivity contribution in [3.05, 3.63) is 0 Å². The summed E-state index contributed by atoms with van der Waals surface area (Å²) in [5.74, 6) is -0.632. The molecule has 0 saturated heterocycles. The first-order chi connectivity index (χ1) is 10.6. The van der Waals surface area contributed by atoms with Gasteiger partial charge in [0, 0.05) is 19.6 Å². The second-order valence-corrected chi connectivity index (χ2v) is 7.77. The number of carbonyl (C=O) groups is 2. The average molecular weight is 328 g/mol. The lowest BCUT2D eigenvalue weighted by Crippen LogP contribution is -2.42. The van der Waals surface area contributed by atoms with Crippen LogP contribution in [0.4, 0.5) is 4.79 Å². The molecule has 1 amide bonds. The molecule has 0 spiro atoms. The van der Waals surface area contributed by atoms with Crippen molar-refractivity contribution in [3.63, 3.8) is 0 Å². The minimum atomic E-state index is -0.686. The van der Waals surface area contributed by atoms with E-state index >= 15 is 0 Å². The molecule has 1 rings (SSSR count). The van der Waals surface area contributed by atoms with Crippen LogP contribution in [0.3, 0.4) is 0 Å². The maximum atomic E-state index is 11.9. The van der Waals surface area contributed by atoms with E-state index in [0.717, 1.165) is 25.8 Å². The Hall–Kier alpha value is -1.30. The maximum absolute atomic E-state index is 11.9. The van der Waals surface area contributed by atoms with Gasteiger partial charge in [0.2, 0.25) is 0 Å². The molecule has 0 heterocycles. The third-order valence-electron chi connectivity index (χ3n) is 4.07. The van der Waals surface area contributed by atoms with E-state index in [0.29, 0.717) is 13.0 Å². The number of nitrogens with one attached hydrogen (secondary N) is 1. The van der Waals surface area contributed by atoms with E-state index in [-0.39, 0.29) is 24.0 Å². The number of carboxylic acids is 1. The van der Waals surface area contributed by atoms with Gasteiger partial charge in [-0.25, -0.2) is 4.79 Å². The largest absolute Gasteiger partial charge is 0.481 e. The summed E-state index contributed by atoms with van der Waals surface area (Å²) in [6.45, 7) is 9.01. The first-order valence-electron chi connectivity index (χ1n) is 8.48. The fraction of sp³-hybridized carbons (Fsp3) is 0.882. The van der Waals surface area contributed by atoms with E-state index < -0.39 is 11.6 Å². The molecule has 0 aliphatic heterocycles. The molecule has 3 unspecified atom stereocenters. The molecule has 1 aliphatic rings. The summed E-state index contributed by atoms with van der Waals surface area (Å²) in [6.07, 6.45) is 3.15.